The number of rotatable bonds is 4. The van der Waals surface area contributed by atoms with E-state index in [4.69, 9.17) is 0 Å². The molecule has 0 bridgehead atoms. The summed E-state index contributed by atoms with van der Waals surface area (Å²) in [4.78, 5) is 13.7. The molecule has 0 saturated carbocycles. The average molecular weight is 353 g/mol. The van der Waals surface area contributed by atoms with Crippen LogP contribution in [0.1, 0.15) is 17.3 Å². The smallest absolute Gasteiger partial charge is 0.255 e. The molecular formula is C11H12Br2FNO. The Morgan fingerprint density at radius 1 is 1.50 bits per heavy atom. The van der Waals surface area contributed by atoms with Crippen LogP contribution in [0.2, 0.25) is 0 Å². The first-order valence-electron chi connectivity index (χ1n) is 4.90. The van der Waals surface area contributed by atoms with Crippen molar-refractivity contribution in [1.82, 2.24) is 4.90 Å². The minimum Gasteiger partial charge on any atom is -0.338 e. The monoisotopic (exact) mass is 351 g/mol. The lowest BCUT2D eigenvalue weighted by Crippen LogP contribution is -2.32. The number of hydrogen-bond acceptors (Lipinski definition) is 1. The van der Waals surface area contributed by atoms with Crippen molar-refractivity contribution < 1.29 is 9.18 Å². The molecule has 0 spiro atoms. The van der Waals surface area contributed by atoms with Gasteiger partial charge < -0.3 is 4.90 Å². The van der Waals surface area contributed by atoms with Gasteiger partial charge in [0.15, 0.2) is 0 Å². The normalized spacial score (nSPS) is 10.2. The van der Waals surface area contributed by atoms with Gasteiger partial charge >= 0.3 is 0 Å². The molecule has 0 N–H and O–H groups in total. The second-order valence-corrected chi connectivity index (χ2v) is 4.85. The summed E-state index contributed by atoms with van der Waals surface area (Å²) < 4.78 is 13.7. The molecule has 0 aliphatic carbocycles. The molecule has 1 amide bonds. The standard InChI is InChI=1S/C11H12Br2FNO/c1-2-15(6-5-12)11(16)9-7-8(14)3-4-10(9)13/h3-4,7H,2,5-6H2,1H3. The molecule has 16 heavy (non-hydrogen) atoms. The Morgan fingerprint density at radius 2 is 2.19 bits per heavy atom. The van der Waals surface area contributed by atoms with Gasteiger partial charge in [-0.3, -0.25) is 4.79 Å². The zero-order valence-corrected chi connectivity index (χ0v) is 12.0. The first-order valence-corrected chi connectivity index (χ1v) is 6.82. The number of carbonyl (C=O) groups excluding carboxylic acids is 1. The minimum absolute atomic E-state index is 0.159. The van der Waals surface area contributed by atoms with Gasteiger partial charge in [0.1, 0.15) is 5.82 Å². The van der Waals surface area contributed by atoms with Crippen molar-refractivity contribution in [3.63, 3.8) is 0 Å². The van der Waals surface area contributed by atoms with Crippen LogP contribution < -0.4 is 0 Å². The number of alkyl halides is 1. The van der Waals surface area contributed by atoms with E-state index in [0.717, 1.165) is 0 Å². The van der Waals surface area contributed by atoms with E-state index >= 15 is 0 Å². The van der Waals surface area contributed by atoms with Gasteiger partial charge in [0.05, 0.1) is 5.56 Å². The molecule has 0 unspecified atom stereocenters. The Kier molecular flexibility index (Phi) is 5.41. The van der Waals surface area contributed by atoms with Crippen molar-refractivity contribution in [2.45, 2.75) is 6.92 Å². The number of halogens is 3. The third kappa shape index (κ3) is 3.28. The molecule has 0 radical (unpaired) electrons. The first-order chi connectivity index (χ1) is 7.60. The van der Waals surface area contributed by atoms with Gasteiger partial charge in [-0.15, -0.1) is 0 Å². The van der Waals surface area contributed by atoms with E-state index in [-0.39, 0.29) is 5.91 Å². The number of carbonyl (C=O) groups is 1. The highest BCUT2D eigenvalue weighted by atomic mass is 79.9. The van der Waals surface area contributed by atoms with Crippen LogP contribution in [0.3, 0.4) is 0 Å². The summed E-state index contributed by atoms with van der Waals surface area (Å²) in [5, 5.41) is 0.708. The molecule has 88 valence electrons. The summed E-state index contributed by atoms with van der Waals surface area (Å²) in [5.41, 5.74) is 0.364. The van der Waals surface area contributed by atoms with Crippen molar-refractivity contribution in [3.05, 3.63) is 34.1 Å². The topological polar surface area (TPSA) is 20.3 Å². The largest absolute Gasteiger partial charge is 0.338 e. The second kappa shape index (κ2) is 6.35. The fourth-order valence-electron chi connectivity index (χ4n) is 1.34. The summed E-state index contributed by atoms with van der Waals surface area (Å²) >= 11 is 6.54. The summed E-state index contributed by atoms with van der Waals surface area (Å²) in [6.07, 6.45) is 0. The van der Waals surface area contributed by atoms with Gasteiger partial charge in [0.25, 0.3) is 5.91 Å². The summed E-state index contributed by atoms with van der Waals surface area (Å²) in [6, 6.07) is 4.12. The Morgan fingerprint density at radius 3 is 2.75 bits per heavy atom. The molecule has 1 rings (SSSR count). The maximum absolute atomic E-state index is 13.1. The zero-order chi connectivity index (χ0) is 12.1. The van der Waals surface area contributed by atoms with Gasteiger partial charge in [-0.2, -0.15) is 0 Å². The highest BCUT2D eigenvalue weighted by Gasteiger charge is 2.16. The van der Waals surface area contributed by atoms with E-state index in [1.807, 2.05) is 6.92 Å². The molecule has 0 aromatic heterocycles. The Bertz CT molecular complexity index is 384. The Balaban J connectivity index is 2.98. The molecule has 0 fully saturated rings. The van der Waals surface area contributed by atoms with Crippen LogP contribution in [-0.4, -0.2) is 29.2 Å². The van der Waals surface area contributed by atoms with Gasteiger partial charge in [0.2, 0.25) is 0 Å². The maximum atomic E-state index is 13.1. The summed E-state index contributed by atoms with van der Waals surface area (Å²) in [7, 11) is 0. The predicted molar refractivity (Wildman–Crippen MR) is 69.5 cm³/mol. The van der Waals surface area contributed by atoms with Crippen LogP contribution in [0.15, 0.2) is 22.7 Å². The van der Waals surface area contributed by atoms with E-state index in [9.17, 15) is 9.18 Å². The predicted octanol–water partition coefficient (Wildman–Crippen LogP) is 3.45. The van der Waals surface area contributed by atoms with Crippen LogP contribution in [0, 0.1) is 5.82 Å². The Hall–Kier alpha value is -0.420. The molecule has 0 saturated heterocycles. The van der Waals surface area contributed by atoms with E-state index in [1.54, 1.807) is 11.0 Å². The van der Waals surface area contributed by atoms with E-state index in [1.165, 1.54) is 12.1 Å². The molecule has 2 nitrogen and oxygen atoms in total. The van der Waals surface area contributed by atoms with E-state index < -0.39 is 5.82 Å². The van der Waals surface area contributed by atoms with Gasteiger partial charge in [0, 0.05) is 22.9 Å². The van der Waals surface area contributed by atoms with Crippen molar-refractivity contribution in [3.8, 4) is 0 Å². The van der Waals surface area contributed by atoms with Gasteiger partial charge in [-0.05, 0) is 41.1 Å². The highest BCUT2D eigenvalue weighted by molar-refractivity contribution is 9.10. The zero-order valence-electron chi connectivity index (χ0n) is 8.84. The fraction of sp³-hybridized carbons (Fsp3) is 0.364. The number of hydrogen-bond donors (Lipinski definition) is 0. The molecule has 5 heteroatoms. The second-order valence-electron chi connectivity index (χ2n) is 3.20. The third-order valence-electron chi connectivity index (χ3n) is 2.18. The fourth-order valence-corrected chi connectivity index (χ4v) is 2.18. The lowest BCUT2D eigenvalue weighted by Gasteiger charge is -2.20. The van der Waals surface area contributed by atoms with Crippen molar-refractivity contribution in [2.24, 2.45) is 0 Å². The van der Waals surface area contributed by atoms with Crippen LogP contribution in [0.5, 0.6) is 0 Å². The number of benzene rings is 1. The van der Waals surface area contributed by atoms with E-state index in [0.29, 0.717) is 28.5 Å². The van der Waals surface area contributed by atoms with Crippen molar-refractivity contribution in [2.75, 3.05) is 18.4 Å². The van der Waals surface area contributed by atoms with Gasteiger partial charge in [-0.25, -0.2) is 4.39 Å². The average Bonchev–Trinajstić information content (AvgIpc) is 2.28. The lowest BCUT2D eigenvalue weighted by molar-refractivity contribution is 0.0773. The molecule has 1 aromatic rings. The molecule has 0 aliphatic rings. The third-order valence-corrected chi connectivity index (χ3v) is 3.23. The van der Waals surface area contributed by atoms with Crippen LogP contribution in [-0.2, 0) is 0 Å². The molecule has 0 heterocycles. The molecular weight excluding hydrogens is 341 g/mol. The van der Waals surface area contributed by atoms with Crippen LogP contribution in [0.25, 0.3) is 0 Å². The highest BCUT2D eigenvalue weighted by Crippen LogP contribution is 2.19. The summed E-state index contributed by atoms with van der Waals surface area (Å²) in [6.45, 7) is 3.11. The first kappa shape index (κ1) is 13.6. The van der Waals surface area contributed by atoms with Crippen molar-refractivity contribution in [1.29, 1.82) is 0 Å². The maximum Gasteiger partial charge on any atom is 0.255 e. The quantitative estimate of drug-likeness (QED) is 0.760. The van der Waals surface area contributed by atoms with E-state index in [2.05, 4.69) is 31.9 Å². The minimum atomic E-state index is -0.401. The summed E-state index contributed by atoms with van der Waals surface area (Å²) in [5.74, 6) is -0.560. The van der Waals surface area contributed by atoms with Crippen molar-refractivity contribution >= 4 is 37.8 Å². The lowest BCUT2D eigenvalue weighted by atomic mass is 10.2. The molecule has 0 aliphatic heterocycles. The molecule has 1 aromatic carbocycles. The SMILES string of the molecule is CCN(CCBr)C(=O)c1cc(F)ccc1Br. The van der Waals surface area contributed by atoms with Crippen LogP contribution in [0.4, 0.5) is 4.39 Å². The van der Waals surface area contributed by atoms with Crippen LogP contribution >= 0.6 is 31.9 Å². The molecule has 0 atom stereocenters. The number of amides is 1. The number of nitrogens with zero attached hydrogens (tertiary/aromatic N) is 1. The van der Waals surface area contributed by atoms with Gasteiger partial charge in [-0.1, -0.05) is 15.9 Å². The Labute approximate surface area is 111 Å².